The van der Waals surface area contributed by atoms with E-state index in [1.807, 2.05) is 40.9 Å². The van der Waals surface area contributed by atoms with E-state index in [1.165, 1.54) is 0 Å². The Morgan fingerprint density at radius 1 is 1.42 bits per heavy atom. The molecule has 2 N–H and O–H groups in total. The largest absolute Gasteiger partial charge is 0.389 e. The number of amides is 2. The SMILES string of the molecule is CC(O)c1cccc(NC(=O)N2CCCSCC2)c1. The number of rotatable bonds is 2. The van der Waals surface area contributed by atoms with Gasteiger partial charge in [-0.25, -0.2) is 4.79 Å². The number of aliphatic hydroxyl groups is 1. The number of thioether (sulfide) groups is 1. The van der Waals surface area contributed by atoms with E-state index in [9.17, 15) is 9.90 Å². The van der Waals surface area contributed by atoms with Gasteiger partial charge >= 0.3 is 6.03 Å². The molecule has 0 bridgehead atoms. The maximum absolute atomic E-state index is 12.1. The summed E-state index contributed by atoms with van der Waals surface area (Å²) in [4.78, 5) is 14.0. The summed E-state index contributed by atoms with van der Waals surface area (Å²) in [5.74, 6) is 2.13. The summed E-state index contributed by atoms with van der Waals surface area (Å²) in [6.07, 6.45) is 0.526. The molecule has 1 aliphatic heterocycles. The first-order valence-electron chi connectivity index (χ1n) is 6.58. The van der Waals surface area contributed by atoms with Gasteiger partial charge in [0.15, 0.2) is 0 Å². The number of benzene rings is 1. The van der Waals surface area contributed by atoms with Crippen LogP contribution in [-0.4, -0.2) is 40.6 Å². The molecule has 1 aromatic carbocycles. The zero-order chi connectivity index (χ0) is 13.7. The minimum absolute atomic E-state index is 0.0507. The summed E-state index contributed by atoms with van der Waals surface area (Å²) in [7, 11) is 0. The minimum Gasteiger partial charge on any atom is -0.389 e. The number of carbonyl (C=O) groups excluding carboxylic acids is 1. The first-order chi connectivity index (χ1) is 9.16. The van der Waals surface area contributed by atoms with Crippen molar-refractivity contribution in [3.63, 3.8) is 0 Å². The standard InChI is InChI=1S/C14H20N2O2S/c1-11(17)12-4-2-5-13(10-12)15-14(18)16-6-3-8-19-9-7-16/h2,4-5,10-11,17H,3,6-9H2,1H3,(H,15,18). The summed E-state index contributed by atoms with van der Waals surface area (Å²) >= 11 is 1.89. The monoisotopic (exact) mass is 280 g/mol. The Bertz CT molecular complexity index is 429. The smallest absolute Gasteiger partial charge is 0.321 e. The maximum Gasteiger partial charge on any atom is 0.321 e. The summed E-state index contributed by atoms with van der Waals surface area (Å²) in [6, 6.07) is 7.30. The van der Waals surface area contributed by atoms with Gasteiger partial charge in [0.05, 0.1) is 6.10 Å². The molecule has 0 radical (unpaired) electrons. The highest BCUT2D eigenvalue weighted by Crippen LogP contribution is 2.18. The molecule has 1 aliphatic rings. The van der Waals surface area contributed by atoms with Crippen LogP contribution in [0.4, 0.5) is 10.5 Å². The average Bonchev–Trinajstić information content (AvgIpc) is 2.68. The van der Waals surface area contributed by atoms with Crippen LogP contribution in [0.2, 0.25) is 0 Å². The van der Waals surface area contributed by atoms with E-state index in [1.54, 1.807) is 6.92 Å². The van der Waals surface area contributed by atoms with Crippen molar-refractivity contribution in [2.75, 3.05) is 29.9 Å². The number of nitrogens with zero attached hydrogens (tertiary/aromatic N) is 1. The molecule has 2 amide bonds. The first kappa shape index (κ1) is 14.2. The number of hydrogen-bond donors (Lipinski definition) is 2. The van der Waals surface area contributed by atoms with Gasteiger partial charge in [-0.1, -0.05) is 12.1 Å². The predicted molar refractivity (Wildman–Crippen MR) is 79.6 cm³/mol. The van der Waals surface area contributed by atoms with E-state index >= 15 is 0 Å². The van der Waals surface area contributed by atoms with Crippen molar-refractivity contribution >= 4 is 23.5 Å². The van der Waals surface area contributed by atoms with Crippen LogP contribution >= 0.6 is 11.8 Å². The highest BCUT2D eigenvalue weighted by Gasteiger charge is 2.15. The van der Waals surface area contributed by atoms with Crippen LogP contribution in [0.15, 0.2) is 24.3 Å². The van der Waals surface area contributed by atoms with Gasteiger partial charge < -0.3 is 15.3 Å². The zero-order valence-corrected chi connectivity index (χ0v) is 11.9. The lowest BCUT2D eigenvalue weighted by Gasteiger charge is -2.20. The fourth-order valence-corrected chi connectivity index (χ4v) is 2.91. The van der Waals surface area contributed by atoms with Gasteiger partial charge in [-0.15, -0.1) is 0 Å². The molecule has 104 valence electrons. The van der Waals surface area contributed by atoms with Crippen molar-refractivity contribution in [2.45, 2.75) is 19.4 Å². The van der Waals surface area contributed by atoms with Crippen molar-refractivity contribution in [1.29, 1.82) is 0 Å². The molecule has 1 saturated heterocycles. The third-order valence-corrected chi connectivity index (χ3v) is 4.18. The van der Waals surface area contributed by atoms with Crippen molar-refractivity contribution in [3.05, 3.63) is 29.8 Å². The zero-order valence-electron chi connectivity index (χ0n) is 11.1. The highest BCUT2D eigenvalue weighted by molar-refractivity contribution is 7.99. The van der Waals surface area contributed by atoms with Gasteiger partial charge in [0.25, 0.3) is 0 Å². The molecule has 1 atom stereocenters. The van der Waals surface area contributed by atoms with Gasteiger partial charge in [0.1, 0.15) is 0 Å². The third kappa shape index (κ3) is 4.14. The lowest BCUT2D eigenvalue weighted by atomic mass is 10.1. The third-order valence-electron chi connectivity index (χ3n) is 3.13. The molecule has 1 unspecified atom stereocenters. The van der Waals surface area contributed by atoms with E-state index in [2.05, 4.69) is 5.32 Å². The second-order valence-electron chi connectivity index (χ2n) is 4.68. The van der Waals surface area contributed by atoms with Crippen LogP contribution in [0, 0.1) is 0 Å². The molecule has 1 fully saturated rings. The molecule has 0 aromatic heterocycles. The molecule has 1 aromatic rings. The van der Waals surface area contributed by atoms with E-state index in [4.69, 9.17) is 0 Å². The van der Waals surface area contributed by atoms with Gasteiger partial charge in [-0.2, -0.15) is 11.8 Å². The predicted octanol–water partition coefficient (Wildman–Crippen LogP) is 2.71. The van der Waals surface area contributed by atoms with E-state index in [-0.39, 0.29) is 6.03 Å². The normalized spacial score (nSPS) is 17.7. The Morgan fingerprint density at radius 2 is 2.26 bits per heavy atom. The van der Waals surface area contributed by atoms with Crippen LogP contribution in [0.5, 0.6) is 0 Å². The first-order valence-corrected chi connectivity index (χ1v) is 7.74. The average molecular weight is 280 g/mol. The second-order valence-corrected chi connectivity index (χ2v) is 5.91. The summed E-state index contributed by atoms with van der Waals surface area (Å²) in [5.41, 5.74) is 1.55. The highest BCUT2D eigenvalue weighted by atomic mass is 32.2. The summed E-state index contributed by atoms with van der Waals surface area (Å²) in [5, 5.41) is 12.4. The Hall–Kier alpha value is -1.20. The van der Waals surface area contributed by atoms with Crippen molar-refractivity contribution < 1.29 is 9.90 Å². The number of nitrogens with one attached hydrogen (secondary N) is 1. The van der Waals surface area contributed by atoms with Crippen molar-refractivity contribution in [2.24, 2.45) is 0 Å². The van der Waals surface area contributed by atoms with E-state index in [0.29, 0.717) is 0 Å². The molecular formula is C14H20N2O2S. The Balaban J connectivity index is 1.99. The Morgan fingerprint density at radius 3 is 3.05 bits per heavy atom. The Kier molecular flexibility index (Phi) is 5.10. The summed E-state index contributed by atoms with van der Waals surface area (Å²) < 4.78 is 0. The molecule has 0 aliphatic carbocycles. The number of urea groups is 1. The lowest BCUT2D eigenvalue weighted by Crippen LogP contribution is -2.36. The van der Waals surface area contributed by atoms with Crippen LogP contribution in [-0.2, 0) is 0 Å². The molecule has 4 nitrogen and oxygen atoms in total. The number of carbonyl (C=O) groups is 1. The molecule has 0 spiro atoms. The molecule has 0 saturated carbocycles. The van der Waals surface area contributed by atoms with Gasteiger partial charge in [-0.3, -0.25) is 0 Å². The van der Waals surface area contributed by atoms with Gasteiger partial charge in [0, 0.05) is 24.5 Å². The van der Waals surface area contributed by atoms with Crippen LogP contribution in [0.1, 0.15) is 25.0 Å². The molecule has 19 heavy (non-hydrogen) atoms. The minimum atomic E-state index is -0.522. The molecule has 2 rings (SSSR count). The quantitative estimate of drug-likeness (QED) is 0.876. The van der Waals surface area contributed by atoms with Crippen molar-refractivity contribution in [3.8, 4) is 0 Å². The van der Waals surface area contributed by atoms with Crippen LogP contribution < -0.4 is 5.32 Å². The fraction of sp³-hybridized carbons (Fsp3) is 0.500. The Labute approximate surface area is 118 Å². The molecule has 1 heterocycles. The maximum atomic E-state index is 12.1. The van der Waals surface area contributed by atoms with Crippen LogP contribution in [0.3, 0.4) is 0 Å². The topological polar surface area (TPSA) is 52.6 Å². The molecular weight excluding hydrogens is 260 g/mol. The van der Waals surface area contributed by atoms with E-state index in [0.717, 1.165) is 42.3 Å². The van der Waals surface area contributed by atoms with Crippen molar-refractivity contribution in [1.82, 2.24) is 4.90 Å². The van der Waals surface area contributed by atoms with Gasteiger partial charge in [-0.05, 0) is 36.8 Å². The second kappa shape index (κ2) is 6.82. The number of hydrogen-bond acceptors (Lipinski definition) is 3. The van der Waals surface area contributed by atoms with Crippen LogP contribution in [0.25, 0.3) is 0 Å². The fourth-order valence-electron chi connectivity index (χ4n) is 2.03. The number of aliphatic hydroxyl groups excluding tert-OH is 1. The van der Waals surface area contributed by atoms with E-state index < -0.39 is 6.10 Å². The number of anilines is 1. The summed E-state index contributed by atoms with van der Waals surface area (Å²) in [6.45, 7) is 3.33. The van der Waals surface area contributed by atoms with Gasteiger partial charge in [0.2, 0.25) is 0 Å². The lowest BCUT2D eigenvalue weighted by molar-refractivity contribution is 0.199. The molecule has 5 heteroatoms.